The molecule has 1 heterocycles. The van der Waals surface area contributed by atoms with Crippen LogP contribution in [0.5, 0.6) is 23.0 Å². The molecule has 1 N–H and O–H groups in total. The SMILES string of the molecule is COc1cc(OC)cc(-c2nnc(S/C(=C\c3cc(Br)c(OCc4ccccc4)c(OC)c3)C(=O)O)o2)c1. The number of methoxy groups -OCH3 is 3. The quantitative estimate of drug-likeness (QED) is 0.155. The monoisotopic (exact) mass is 598 g/mol. The molecule has 0 saturated heterocycles. The molecule has 0 aliphatic heterocycles. The van der Waals surface area contributed by atoms with Crippen molar-refractivity contribution in [1.29, 1.82) is 0 Å². The summed E-state index contributed by atoms with van der Waals surface area (Å²) < 4.78 is 28.4. The molecule has 0 spiro atoms. The van der Waals surface area contributed by atoms with Crippen LogP contribution in [-0.4, -0.2) is 42.6 Å². The Bertz CT molecular complexity index is 1440. The summed E-state index contributed by atoms with van der Waals surface area (Å²) in [6.45, 7) is 0.347. The zero-order valence-corrected chi connectivity index (χ0v) is 23.0. The van der Waals surface area contributed by atoms with Crippen molar-refractivity contribution in [3.05, 3.63) is 81.2 Å². The van der Waals surface area contributed by atoms with Crippen molar-refractivity contribution >= 4 is 39.7 Å². The summed E-state index contributed by atoms with van der Waals surface area (Å²) in [7, 11) is 4.59. The van der Waals surface area contributed by atoms with Crippen LogP contribution in [0.1, 0.15) is 11.1 Å². The Labute approximate surface area is 231 Å². The molecule has 0 bridgehead atoms. The zero-order chi connectivity index (χ0) is 27.1. The third-order valence-electron chi connectivity index (χ3n) is 5.19. The first-order chi connectivity index (χ1) is 18.4. The first kappa shape index (κ1) is 27.1. The highest BCUT2D eigenvalue weighted by Gasteiger charge is 2.18. The van der Waals surface area contributed by atoms with Gasteiger partial charge in [0, 0.05) is 11.6 Å². The van der Waals surface area contributed by atoms with Gasteiger partial charge in [0.15, 0.2) is 11.5 Å². The molecule has 0 radical (unpaired) electrons. The number of thioether (sulfide) groups is 1. The first-order valence-corrected chi connectivity index (χ1v) is 12.7. The van der Waals surface area contributed by atoms with Crippen LogP contribution >= 0.6 is 27.7 Å². The molecule has 4 rings (SSSR count). The second kappa shape index (κ2) is 12.5. The van der Waals surface area contributed by atoms with E-state index < -0.39 is 5.97 Å². The largest absolute Gasteiger partial charge is 0.497 e. The number of halogens is 1. The summed E-state index contributed by atoms with van der Waals surface area (Å²) in [4.78, 5) is 12.0. The van der Waals surface area contributed by atoms with Gasteiger partial charge < -0.3 is 28.5 Å². The summed E-state index contributed by atoms with van der Waals surface area (Å²) in [6.07, 6.45) is 1.49. The number of aliphatic carboxylic acids is 1. The molecule has 9 nitrogen and oxygen atoms in total. The zero-order valence-electron chi connectivity index (χ0n) is 20.6. The smallest absolute Gasteiger partial charge is 0.342 e. The van der Waals surface area contributed by atoms with Gasteiger partial charge in [-0.25, -0.2) is 4.79 Å². The number of nitrogens with zero attached hydrogens (tertiary/aromatic N) is 2. The first-order valence-electron chi connectivity index (χ1n) is 11.1. The fourth-order valence-corrected chi connectivity index (χ4v) is 4.62. The normalized spacial score (nSPS) is 11.2. The van der Waals surface area contributed by atoms with Gasteiger partial charge in [-0.15, -0.1) is 10.2 Å². The molecule has 4 aromatic rings. The summed E-state index contributed by atoms with van der Waals surface area (Å²) in [5.41, 5.74) is 2.14. The summed E-state index contributed by atoms with van der Waals surface area (Å²) in [6, 6.07) is 18.3. The van der Waals surface area contributed by atoms with Crippen LogP contribution in [0.2, 0.25) is 0 Å². The minimum absolute atomic E-state index is 0.0321. The molecule has 1 aromatic heterocycles. The maximum Gasteiger partial charge on any atom is 0.342 e. The van der Waals surface area contributed by atoms with Crippen LogP contribution in [0.4, 0.5) is 0 Å². The average Bonchev–Trinajstić information content (AvgIpc) is 3.40. The number of hydrogen-bond donors (Lipinski definition) is 1. The van der Waals surface area contributed by atoms with Gasteiger partial charge in [0.1, 0.15) is 23.0 Å². The average molecular weight is 599 g/mol. The van der Waals surface area contributed by atoms with E-state index in [2.05, 4.69) is 26.1 Å². The summed E-state index contributed by atoms with van der Waals surface area (Å²) >= 11 is 4.34. The molecule has 0 aliphatic carbocycles. The molecular weight excluding hydrogens is 576 g/mol. The van der Waals surface area contributed by atoms with Crippen LogP contribution in [0.3, 0.4) is 0 Å². The number of benzene rings is 3. The maximum atomic E-state index is 12.0. The molecule has 11 heteroatoms. The lowest BCUT2D eigenvalue weighted by Gasteiger charge is -2.14. The van der Waals surface area contributed by atoms with Crippen LogP contribution in [0.15, 0.2) is 79.7 Å². The van der Waals surface area contributed by atoms with E-state index in [1.165, 1.54) is 27.4 Å². The van der Waals surface area contributed by atoms with E-state index in [-0.39, 0.29) is 16.0 Å². The number of rotatable bonds is 11. The number of carboxylic acid groups (broad SMARTS) is 1. The predicted molar refractivity (Wildman–Crippen MR) is 146 cm³/mol. The summed E-state index contributed by atoms with van der Waals surface area (Å²) in [5.74, 6) is 1.09. The fourth-order valence-electron chi connectivity index (χ4n) is 3.37. The highest BCUT2D eigenvalue weighted by atomic mass is 79.9. The molecule has 38 heavy (non-hydrogen) atoms. The lowest BCUT2D eigenvalue weighted by molar-refractivity contribution is -0.131. The molecule has 0 aliphatic rings. The van der Waals surface area contributed by atoms with Gasteiger partial charge >= 0.3 is 5.97 Å². The Kier molecular flexibility index (Phi) is 8.93. The summed E-state index contributed by atoms with van der Waals surface area (Å²) in [5, 5.41) is 17.9. The van der Waals surface area contributed by atoms with Gasteiger partial charge in [-0.05, 0) is 69.2 Å². The lowest BCUT2D eigenvalue weighted by Crippen LogP contribution is -2.00. The van der Waals surface area contributed by atoms with Crippen molar-refractivity contribution < 1.29 is 33.3 Å². The van der Waals surface area contributed by atoms with Gasteiger partial charge in [-0.3, -0.25) is 0 Å². The van der Waals surface area contributed by atoms with E-state index in [0.717, 1.165) is 17.3 Å². The Morgan fingerprint density at radius 3 is 2.34 bits per heavy atom. The van der Waals surface area contributed by atoms with Crippen LogP contribution in [0.25, 0.3) is 17.5 Å². The van der Waals surface area contributed by atoms with Crippen LogP contribution in [-0.2, 0) is 11.4 Å². The van der Waals surface area contributed by atoms with E-state index >= 15 is 0 Å². The van der Waals surface area contributed by atoms with E-state index in [4.69, 9.17) is 23.4 Å². The molecular formula is C27H23BrN2O7S. The molecule has 0 saturated carbocycles. The van der Waals surface area contributed by atoms with E-state index in [1.807, 2.05) is 30.3 Å². The van der Waals surface area contributed by atoms with Gasteiger partial charge in [-0.2, -0.15) is 0 Å². The van der Waals surface area contributed by atoms with Gasteiger partial charge in [0.05, 0.1) is 25.8 Å². The van der Waals surface area contributed by atoms with Crippen molar-refractivity contribution in [2.45, 2.75) is 11.8 Å². The van der Waals surface area contributed by atoms with Gasteiger partial charge in [0.25, 0.3) is 5.22 Å². The second-order valence-corrected chi connectivity index (χ2v) is 9.55. The second-order valence-electron chi connectivity index (χ2n) is 7.70. The van der Waals surface area contributed by atoms with Crippen LogP contribution in [0, 0.1) is 0 Å². The predicted octanol–water partition coefficient (Wildman–Crippen LogP) is 6.32. The Balaban J connectivity index is 1.57. The van der Waals surface area contributed by atoms with Crippen molar-refractivity contribution in [3.63, 3.8) is 0 Å². The number of ether oxygens (including phenoxy) is 4. The number of carboxylic acids is 1. The highest BCUT2D eigenvalue weighted by Crippen LogP contribution is 2.39. The fraction of sp³-hybridized carbons (Fsp3) is 0.148. The number of carbonyl (C=O) groups is 1. The minimum Gasteiger partial charge on any atom is -0.497 e. The minimum atomic E-state index is -1.16. The van der Waals surface area contributed by atoms with Crippen LogP contribution < -0.4 is 18.9 Å². The molecule has 0 atom stereocenters. The Morgan fingerprint density at radius 2 is 1.71 bits per heavy atom. The Hall–Kier alpha value is -3.96. The van der Waals surface area contributed by atoms with Gasteiger partial charge in [0.2, 0.25) is 5.89 Å². The maximum absolute atomic E-state index is 12.0. The highest BCUT2D eigenvalue weighted by molar-refractivity contribution is 9.10. The topological polar surface area (TPSA) is 113 Å². The standard InChI is InChI=1S/C27H23BrN2O7S/c1-33-19-12-18(13-20(14-19)34-2)25-29-30-27(37-25)38-23(26(31)32)11-17-9-21(28)24(22(10-17)35-3)36-15-16-7-5-4-6-8-16/h4-14H,15H2,1-3H3,(H,31,32)/b23-11-. The van der Waals surface area contributed by atoms with Gasteiger partial charge in [-0.1, -0.05) is 30.3 Å². The number of hydrogen-bond acceptors (Lipinski definition) is 9. The lowest BCUT2D eigenvalue weighted by atomic mass is 10.2. The van der Waals surface area contributed by atoms with E-state index in [0.29, 0.717) is 45.2 Å². The van der Waals surface area contributed by atoms with E-state index in [9.17, 15) is 9.90 Å². The van der Waals surface area contributed by atoms with Crippen molar-refractivity contribution in [2.24, 2.45) is 0 Å². The molecule has 3 aromatic carbocycles. The third-order valence-corrected chi connectivity index (χ3v) is 6.63. The molecule has 0 unspecified atom stereocenters. The Morgan fingerprint density at radius 1 is 1.00 bits per heavy atom. The molecule has 196 valence electrons. The number of aromatic nitrogens is 2. The van der Waals surface area contributed by atoms with Crippen molar-refractivity contribution in [3.8, 4) is 34.5 Å². The van der Waals surface area contributed by atoms with E-state index in [1.54, 1.807) is 30.3 Å². The van der Waals surface area contributed by atoms with Crippen molar-refractivity contribution in [1.82, 2.24) is 10.2 Å². The molecule has 0 fully saturated rings. The molecule has 0 amide bonds. The third kappa shape index (κ3) is 6.67. The van der Waals surface area contributed by atoms with Crippen molar-refractivity contribution in [2.75, 3.05) is 21.3 Å².